The number of hydrogen-bond donors (Lipinski definition) is 1. The average molecular weight is 258 g/mol. The number of halogens is 1. The fourth-order valence-corrected chi connectivity index (χ4v) is 1.95. The third kappa shape index (κ3) is 3.36. The molecule has 0 saturated carbocycles. The van der Waals surface area contributed by atoms with Gasteiger partial charge in [0.2, 0.25) is 0 Å². The zero-order valence-corrected chi connectivity index (χ0v) is 11.5. The van der Waals surface area contributed by atoms with Gasteiger partial charge < -0.3 is 5.32 Å². The lowest BCUT2D eigenvalue weighted by Crippen LogP contribution is -2.24. The van der Waals surface area contributed by atoms with E-state index in [2.05, 4.69) is 38.0 Å². The standard InChI is InChI=1S/C11H16ClN3S/c1-7(11(2,3)4)6-14-10-15-9(12)8(5-13)16-10/h7H,6H2,1-4H3,(H,14,15). The Bertz CT molecular complexity index is 400. The molecule has 0 spiro atoms. The molecule has 0 radical (unpaired) electrons. The van der Waals surface area contributed by atoms with Gasteiger partial charge in [0.25, 0.3) is 0 Å². The maximum Gasteiger partial charge on any atom is 0.185 e. The maximum absolute atomic E-state index is 8.75. The molecule has 0 aliphatic heterocycles. The van der Waals surface area contributed by atoms with E-state index < -0.39 is 0 Å². The fraction of sp³-hybridized carbons (Fsp3) is 0.636. The molecule has 0 fully saturated rings. The maximum atomic E-state index is 8.75. The number of nitrogens with one attached hydrogen (secondary N) is 1. The van der Waals surface area contributed by atoms with Crippen LogP contribution >= 0.6 is 22.9 Å². The first-order valence-electron chi connectivity index (χ1n) is 5.15. The van der Waals surface area contributed by atoms with E-state index >= 15 is 0 Å². The molecule has 1 atom stereocenters. The Kier molecular flexibility index (Phi) is 4.17. The summed E-state index contributed by atoms with van der Waals surface area (Å²) in [4.78, 5) is 4.55. The smallest absolute Gasteiger partial charge is 0.185 e. The summed E-state index contributed by atoms with van der Waals surface area (Å²) in [6, 6.07) is 2.02. The molecule has 16 heavy (non-hydrogen) atoms. The summed E-state index contributed by atoms with van der Waals surface area (Å²) in [6.07, 6.45) is 0. The van der Waals surface area contributed by atoms with Gasteiger partial charge in [0, 0.05) is 6.54 Å². The van der Waals surface area contributed by atoms with Crippen molar-refractivity contribution in [1.82, 2.24) is 4.98 Å². The van der Waals surface area contributed by atoms with E-state index in [4.69, 9.17) is 16.9 Å². The van der Waals surface area contributed by atoms with Crippen LogP contribution in [0.4, 0.5) is 5.13 Å². The minimum atomic E-state index is 0.256. The first-order valence-corrected chi connectivity index (χ1v) is 6.34. The first-order chi connectivity index (χ1) is 7.34. The van der Waals surface area contributed by atoms with Gasteiger partial charge in [0.1, 0.15) is 10.9 Å². The first kappa shape index (κ1) is 13.3. The molecule has 1 unspecified atom stereocenters. The predicted molar refractivity (Wildman–Crippen MR) is 68.9 cm³/mol. The Labute approximate surface area is 105 Å². The van der Waals surface area contributed by atoms with E-state index in [0.29, 0.717) is 15.9 Å². The normalized spacial score (nSPS) is 13.2. The zero-order valence-electron chi connectivity index (χ0n) is 9.97. The van der Waals surface area contributed by atoms with Crippen LogP contribution in [-0.2, 0) is 0 Å². The summed E-state index contributed by atoms with van der Waals surface area (Å²) in [7, 11) is 0. The Morgan fingerprint density at radius 3 is 2.62 bits per heavy atom. The number of aromatic nitrogens is 1. The predicted octanol–water partition coefficient (Wildman–Crippen LogP) is 3.76. The summed E-state index contributed by atoms with van der Waals surface area (Å²) in [6.45, 7) is 9.63. The van der Waals surface area contributed by atoms with Crippen LogP contribution < -0.4 is 5.32 Å². The number of nitrogens with zero attached hydrogens (tertiary/aromatic N) is 2. The van der Waals surface area contributed by atoms with Gasteiger partial charge >= 0.3 is 0 Å². The lowest BCUT2D eigenvalue weighted by Gasteiger charge is -2.27. The Balaban J connectivity index is 2.59. The summed E-state index contributed by atoms with van der Waals surface area (Å²) in [5.41, 5.74) is 0.256. The van der Waals surface area contributed by atoms with Gasteiger partial charge in [-0.3, -0.25) is 0 Å². The van der Waals surface area contributed by atoms with Gasteiger partial charge in [-0.25, -0.2) is 4.98 Å². The van der Waals surface area contributed by atoms with Gasteiger partial charge in [0.05, 0.1) is 0 Å². The van der Waals surface area contributed by atoms with Crippen LogP contribution in [0.15, 0.2) is 0 Å². The van der Waals surface area contributed by atoms with E-state index in [9.17, 15) is 0 Å². The van der Waals surface area contributed by atoms with Crippen LogP contribution in [0.2, 0.25) is 5.15 Å². The Morgan fingerprint density at radius 2 is 2.19 bits per heavy atom. The third-order valence-corrected chi connectivity index (χ3v) is 4.03. The highest BCUT2D eigenvalue weighted by Crippen LogP contribution is 2.28. The van der Waals surface area contributed by atoms with Crippen LogP contribution in [0.1, 0.15) is 32.6 Å². The summed E-state index contributed by atoms with van der Waals surface area (Å²) in [5, 5.41) is 13.0. The average Bonchev–Trinajstić information content (AvgIpc) is 2.54. The van der Waals surface area contributed by atoms with Crippen LogP contribution in [0.5, 0.6) is 0 Å². The summed E-state index contributed by atoms with van der Waals surface area (Å²) < 4.78 is 0. The molecule has 1 N–H and O–H groups in total. The second-order valence-electron chi connectivity index (χ2n) is 4.90. The van der Waals surface area contributed by atoms with Crippen LogP contribution in [0, 0.1) is 22.7 Å². The number of nitriles is 1. The van der Waals surface area contributed by atoms with Crippen LogP contribution in [0.3, 0.4) is 0 Å². The lowest BCUT2D eigenvalue weighted by atomic mass is 9.82. The molecule has 5 heteroatoms. The minimum absolute atomic E-state index is 0.256. The number of anilines is 1. The number of thiazole rings is 1. The van der Waals surface area contributed by atoms with Crippen molar-refractivity contribution in [3.8, 4) is 6.07 Å². The monoisotopic (exact) mass is 257 g/mol. The molecule has 0 aliphatic carbocycles. The van der Waals surface area contributed by atoms with Crippen molar-refractivity contribution in [3.05, 3.63) is 10.0 Å². The molecular weight excluding hydrogens is 242 g/mol. The van der Waals surface area contributed by atoms with Gasteiger partial charge in [-0.1, -0.05) is 50.6 Å². The Hall–Kier alpha value is -0.790. The third-order valence-electron chi connectivity index (χ3n) is 2.73. The van der Waals surface area contributed by atoms with E-state index in [1.165, 1.54) is 11.3 Å². The van der Waals surface area contributed by atoms with Crippen molar-refractivity contribution in [1.29, 1.82) is 5.26 Å². The molecule has 1 heterocycles. The molecule has 1 aromatic heterocycles. The van der Waals surface area contributed by atoms with Gasteiger partial charge in [-0.15, -0.1) is 0 Å². The van der Waals surface area contributed by atoms with Crippen LogP contribution in [0.25, 0.3) is 0 Å². The zero-order chi connectivity index (χ0) is 12.3. The van der Waals surface area contributed by atoms with Crippen molar-refractivity contribution in [2.75, 3.05) is 11.9 Å². The topological polar surface area (TPSA) is 48.7 Å². The molecule has 0 saturated heterocycles. The van der Waals surface area contributed by atoms with Crippen molar-refractivity contribution >= 4 is 28.1 Å². The van der Waals surface area contributed by atoms with Gasteiger partial charge in [0.15, 0.2) is 10.3 Å². The molecule has 3 nitrogen and oxygen atoms in total. The lowest BCUT2D eigenvalue weighted by molar-refractivity contribution is 0.274. The SMILES string of the molecule is CC(CNc1nc(Cl)c(C#N)s1)C(C)(C)C. The number of rotatable bonds is 3. The minimum Gasteiger partial charge on any atom is -0.361 e. The Morgan fingerprint density at radius 1 is 1.56 bits per heavy atom. The quantitative estimate of drug-likeness (QED) is 0.897. The summed E-state index contributed by atoms with van der Waals surface area (Å²) in [5.74, 6) is 0.515. The highest BCUT2D eigenvalue weighted by Gasteiger charge is 2.20. The highest BCUT2D eigenvalue weighted by molar-refractivity contribution is 7.16. The molecular formula is C11H16ClN3S. The van der Waals surface area contributed by atoms with E-state index in [0.717, 1.165) is 11.7 Å². The molecule has 88 valence electrons. The highest BCUT2D eigenvalue weighted by atomic mass is 35.5. The van der Waals surface area contributed by atoms with E-state index in [-0.39, 0.29) is 5.41 Å². The van der Waals surface area contributed by atoms with Crippen molar-refractivity contribution in [2.45, 2.75) is 27.7 Å². The van der Waals surface area contributed by atoms with Crippen LogP contribution in [-0.4, -0.2) is 11.5 Å². The largest absolute Gasteiger partial charge is 0.361 e. The molecule has 0 amide bonds. The van der Waals surface area contributed by atoms with Crippen molar-refractivity contribution < 1.29 is 0 Å². The molecule has 0 bridgehead atoms. The van der Waals surface area contributed by atoms with E-state index in [1.807, 2.05) is 6.07 Å². The van der Waals surface area contributed by atoms with Gasteiger partial charge in [-0.05, 0) is 11.3 Å². The second-order valence-corrected chi connectivity index (χ2v) is 6.26. The van der Waals surface area contributed by atoms with E-state index in [1.54, 1.807) is 0 Å². The molecule has 0 aromatic carbocycles. The summed E-state index contributed by atoms with van der Waals surface area (Å²) >= 11 is 7.08. The fourth-order valence-electron chi connectivity index (χ4n) is 0.993. The molecule has 1 aromatic rings. The van der Waals surface area contributed by atoms with Crippen molar-refractivity contribution in [2.24, 2.45) is 11.3 Å². The molecule has 0 aliphatic rings. The second kappa shape index (κ2) is 5.03. The molecule has 1 rings (SSSR count). The van der Waals surface area contributed by atoms with Crippen molar-refractivity contribution in [3.63, 3.8) is 0 Å². The van der Waals surface area contributed by atoms with Gasteiger partial charge in [-0.2, -0.15) is 5.26 Å². The number of hydrogen-bond acceptors (Lipinski definition) is 4.